The third-order valence-electron chi connectivity index (χ3n) is 3.19. The number of H-pyrrole nitrogens is 1. The van der Waals surface area contributed by atoms with Gasteiger partial charge in [0.15, 0.2) is 6.33 Å². The molecular formula is C14H9N5. The molecule has 2 aromatic carbocycles. The highest BCUT2D eigenvalue weighted by Crippen LogP contribution is 2.30. The van der Waals surface area contributed by atoms with Crippen LogP contribution >= 0.6 is 0 Å². The van der Waals surface area contributed by atoms with Gasteiger partial charge in [-0.05, 0) is 12.1 Å². The first kappa shape index (κ1) is 10.1. The standard InChI is InChI=1S/C14H9N5/c1-2-7-12-9(4-1)10-5-3-6-11(13(10)17-12)14-18-15-8-16-19-14/h1-8,17H. The summed E-state index contributed by atoms with van der Waals surface area (Å²) in [4.78, 5) is 3.41. The summed E-state index contributed by atoms with van der Waals surface area (Å²) in [7, 11) is 0. The lowest BCUT2D eigenvalue weighted by atomic mass is 10.1. The summed E-state index contributed by atoms with van der Waals surface area (Å²) in [5, 5.41) is 18.0. The molecule has 0 aliphatic heterocycles. The first-order valence-corrected chi connectivity index (χ1v) is 5.93. The van der Waals surface area contributed by atoms with Crippen molar-refractivity contribution in [3.63, 3.8) is 0 Å². The molecule has 5 heteroatoms. The lowest BCUT2D eigenvalue weighted by molar-refractivity contribution is 0.865. The Labute approximate surface area is 108 Å². The third kappa shape index (κ3) is 1.48. The van der Waals surface area contributed by atoms with Gasteiger partial charge in [-0.15, -0.1) is 20.4 Å². The molecule has 90 valence electrons. The number of rotatable bonds is 1. The Kier molecular flexibility index (Phi) is 2.05. The zero-order valence-corrected chi connectivity index (χ0v) is 9.91. The van der Waals surface area contributed by atoms with Gasteiger partial charge in [0, 0.05) is 21.9 Å². The first-order valence-electron chi connectivity index (χ1n) is 5.93. The van der Waals surface area contributed by atoms with Gasteiger partial charge in [-0.1, -0.05) is 30.3 Å². The number of benzene rings is 2. The second-order valence-electron chi connectivity index (χ2n) is 4.27. The first-order chi connectivity index (χ1) is 9.43. The van der Waals surface area contributed by atoms with Crippen LogP contribution in [-0.2, 0) is 0 Å². The van der Waals surface area contributed by atoms with Crippen LogP contribution < -0.4 is 0 Å². The van der Waals surface area contributed by atoms with Gasteiger partial charge in [0.05, 0.1) is 5.52 Å². The number of hydrogen-bond donors (Lipinski definition) is 1. The molecule has 19 heavy (non-hydrogen) atoms. The molecule has 2 heterocycles. The second-order valence-corrected chi connectivity index (χ2v) is 4.27. The molecule has 0 unspecified atom stereocenters. The SMILES string of the molecule is c1ccc2c(c1)[nH]c1c(-c3nncnn3)cccc12. The largest absolute Gasteiger partial charge is 0.354 e. The minimum Gasteiger partial charge on any atom is -0.354 e. The van der Waals surface area contributed by atoms with E-state index in [1.54, 1.807) is 0 Å². The molecule has 0 aliphatic rings. The predicted octanol–water partition coefficient (Wildman–Crippen LogP) is 2.57. The molecule has 0 fully saturated rings. The van der Waals surface area contributed by atoms with Gasteiger partial charge in [-0.3, -0.25) is 0 Å². The van der Waals surface area contributed by atoms with Crippen molar-refractivity contribution < 1.29 is 0 Å². The Balaban J connectivity index is 2.13. The van der Waals surface area contributed by atoms with E-state index in [-0.39, 0.29) is 0 Å². The monoisotopic (exact) mass is 247 g/mol. The van der Waals surface area contributed by atoms with Crippen molar-refractivity contribution in [2.45, 2.75) is 0 Å². The zero-order valence-electron chi connectivity index (χ0n) is 9.91. The van der Waals surface area contributed by atoms with Crippen molar-refractivity contribution in [1.82, 2.24) is 25.4 Å². The highest BCUT2D eigenvalue weighted by molar-refractivity contribution is 6.11. The number of nitrogens with one attached hydrogen (secondary N) is 1. The normalized spacial score (nSPS) is 11.2. The summed E-state index contributed by atoms with van der Waals surface area (Å²) in [6, 6.07) is 14.2. The van der Waals surface area contributed by atoms with E-state index in [1.165, 1.54) is 11.7 Å². The minimum absolute atomic E-state index is 0.527. The van der Waals surface area contributed by atoms with Crippen molar-refractivity contribution in [3.05, 3.63) is 48.8 Å². The number of nitrogens with zero attached hydrogens (tertiary/aromatic N) is 4. The van der Waals surface area contributed by atoms with E-state index in [0.29, 0.717) is 5.82 Å². The van der Waals surface area contributed by atoms with Crippen molar-refractivity contribution >= 4 is 21.8 Å². The number of aromatic nitrogens is 5. The zero-order chi connectivity index (χ0) is 12.7. The summed E-state index contributed by atoms with van der Waals surface area (Å²) in [5.41, 5.74) is 3.02. The number of fused-ring (bicyclic) bond motifs is 3. The summed E-state index contributed by atoms with van der Waals surface area (Å²) in [5.74, 6) is 0.527. The third-order valence-corrected chi connectivity index (χ3v) is 3.19. The molecule has 0 amide bonds. The molecule has 0 bridgehead atoms. The van der Waals surface area contributed by atoms with Crippen LogP contribution in [0.4, 0.5) is 0 Å². The molecule has 0 saturated heterocycles. The van der Waals surface area contributed by atoms with Crippen LogP contribution in [0.3, 0.4) is 0 Å². The van der Waals surface area contributed by atoms with E-state index in [1.807, 2.05) is 24.3 Å². The van der Waals surface area contributed by atoms with Crippen LogP contribution in [-0.4, -0.2) is 25.4 Å². The Morgan fingerprint density at radius 3 is 2.47 bits per heavy atom. The molecule has 0 spiro atoms. The molecule has 1 N–H and O–H groups in total. The Morgan fingerprint density at radius 2 is 1.58 bits per heavy atom. The Bertz CT molecular complexity index is 867. The van der Waals surface area contributed by atoms with Crippen molar-refractivity contribution in [2.75, 3.05) is 0 Å². The Hall–Kier alpha value is -2.82. The highest BCUT2D eigenvalue weighted by Gasteiger charge is 2.11. The van der Waals surface area contributed by atoms with Crippen LogP contribution in [0.1, 0.15) is 0 Å². The van der Waals surface area contributed by atoms with Crippen molar-refractivity contribution in [1.29, 1.82) is 0 Å². The molecule has 0 aliphatic carbocycles. The Morgan fingerprint density at radius 1 is 0.789 bits per heavy atom. The van der Waals surface area contributed by atoms with Crippen LogP contribution in [0.15, 0.2) is 48.8 Å². The summed E-state index contributed by atoms with van der Waals surface area (Å²) < 4.78 is 0. The van der Waals surface area contributed by atoms with Gasteiger partial charge in [0.25, 0.3) is 0 Å². The van der Waals surface area contributed by atoms with E-state index < -0.39 is 0 Å². The fourth-order valence-corrected chi connectivity index (χ4v) is 2.37. The predicted molar refractivity (Wildman–Crippen MR) is 72.4 cm³/mol. The summed E-state index contributed by atoms with van der Waals surface area (Å²) in [6.45, 7) is 0. The molecular weight excluding hydrogens is 238 g/mol. The molecule has 0 atom stereocenters. The molecule has 0 radical (unpaired) electrons. The highest BCUT2D eigenvalue weighted by atomic mass is 15.3. The lowest BCUT2D eigenvalue weighted by Gasteiger charge is -1.99. The minimum atomic E-state index is 0.527. The quantitative estimate of drug-likeness (QED) is 0.561. The maximum atomic E-state index is 4.03. The fourth-order valence-electron chi connectivity index (χ4n) is 2.37. The van der Waals surface area contributed by atoms with E-state index in [4.69, 9.17) is 0 Å². The van der Waals surface area contributed by atoms with Gasteiger partial charge in [-0.2, -0.15) is 0 Å². The molecule has 4 rings (SSSR count). The maximum absolute atomic E-state index is 4.03. The van der Waals surface area contributed by atoms with Crippen LogP contribution in [0.2, 0.25) is 0 Å². The van der Waals surface area contributed by atoms with E-state index >= 15 is 0 Å². The molecule has 4 aromatic rings. The van der Waals surface area contributed by atoms with E-state index in [2.05, 4.69) is 43.6 Å². The number of hydrogen-bond acceptors (Lipinski definition) is 4. The average molecular weight is 247 g/mol. The van der Waals surface area contributed by atoms with Crippen LogP contribution in [0.5, 0.6) is 0 Å². The van der Waals surface area contributed by atoms with Crippen LogP contribution in [0, 0.1) is 0 Å². The second kappa shape index (κ2) is 3.84. The number of para-hydroxylation sites is 2. The topological polar surface area (TPSA) is 67.3 Å². The summed E-state index contributed by atoms with van der Waals surface area (Å²) in [6.07, 6.45) is 1.33. The van der Waals surface area contributed by atoms with Crippen molar-refractivity contribution in [2.24, 2.45) is 0 Å². The van der Waals surface area contributed by atoms with E-state index in [0.717, 1.165) is 22.0 Å². The van der Waals surface area contributed by atoms with Crippen LogP contribution in [0.25, 0.3) is 33.2 Å². The van der Waals surface area contributed by atoms with Gasteiger partial charge in [0.1, 0.15) is 0 Å². The molecule has 5 nitrogen and oxygen atoms in total. The average Bonchev–Trinajstić information content (AvgIpc) is 2.87. The van der Waals surface area contributed by atoms with E-state index in [9.17, 15) is 0 Å². The summed E-state index contributed by atoms with van der Waals surface area (Å²) >= 11 is 0. The van der Waals surface area contributed by atoms with Gasteiger partial charge >= 0.3 is 0 Å². The van der Waals surface area contributed by atoms with Gasteiger partial charge in [-0.25, -0.2) is 0 Å². The number of aromatic amines is 1. The lowest BCUT2D eigenvalue weighted by Crippen LogP contribution is -1.94. The smallest absolute Gasteiger partial charge is 0.205 e. The molecule has 2 aromatic heterocycles. The van der Waals surface area contributed by atoms with Gasteiger partial charge in [0.2, 0.25) is 5.82 Å². The van der Waals surface area contributed by atoms with Crippen molar-refractivity contribution in [3.8, 4) is 11.4 Å². The fraction of sp³-hybridized carbons (Fsp3) is 0. The van der Waals surface area contributed by atoms with Gasteiger partial charge < -0.3 is 4.98 Å². The molecule has 0 saturated carbocycles. The maximum Gasteiger partial charge on any atom is 0.205 e.